The van der Waals surface area contributed by atoms with E-state index in [1.54, 1.807) is 28.9 Å². The third kappa shape index (κ3) is 7.54. The van der Waals surface area contributed by atoms with E-state index < -0.39 is 23.9 Å². The standard InChI is InChI=1S/C23H31N5O3.C2HF3O2/c1-25-16-20(22(30)26(2)15-18-7-5-4-6-8-18)31-23(17-25)10-13-28(14-11-23)21(29)19-9-12-27(3)24-19;3-2(4,5)1(6)7/h4-9,12,20H,10-11,13-17H2,1-3H3;(H,6,7). The Balaban J connectivity index is 0.000000505. The molecule has 13 heteroatoms. The van der Waals surface area contributed by atoms with E-state index in [9.17, 15) is 22.8 Å². The Labute approximate surface area is 218 Å². The molecule has 2 fully saturated rings. The summed E-state index contributed by atoms with van der Waals surface area (Å²) < 4.78 is 39.8. The third-order valence-electron chi connectivity index (χ3n) is 6.48. The zero-order valence-electron chi connectivity index (χ0n) is 21.5. The summed E-state index contributed by atoms with van der Waals surface area (Å²) >= 11 is 0. The van der Waals surface area contributed by atoms with Gasteiger partial charge in [-0.25, -0.2) is 4.79 Å². The first-order chi connectivity index (χ1) is 17.8. The van der Waals surface area contributed by atoms with Crippen LogP contribution in [-0.2, 0) is 27.9 Å². The first kappa shape index (κ1) is 29.1. The number of hydrogen-bond acceptors (Lipinski definition) is 6. The molecule has 10 nitrogen and oxygen atoms in total. The monoisotopic (exact) mass is 539 g/mol. The highest BCUT2D eigenvalue weighted by Gasteiger charge is 2.45. The van der Waals surface area contributed by atoms with Crippen molar-refractivity contribution in [3.05, 3.63) is 53.9 Å². The molecule has 208 valence electrons. The lowest BCUT2D eigenvalue weighted by Crippen LogP contribution is -2.61. The zero-order chi connectivity index (χ0) is 28.1. The molecule has 0 saturated carbocycles. The molecule has 2 amide bonds. The first-order valence-corrected chi connectivity index (χ1v) is 12.0. The van der Waals surface area contributed by atoms with Crippen LogP contribution in [0.1, 0.15) is 28.9 Å². The number of halogens is 3. The highest BCUT2D eigenvalue weighted by atomic mass is 19.4. The van der Waals surface area contributed by atoms with E-state index in [1.165, 1.54) is 0 Å². The van der Waals surface area contributed by atoms with Crippen LogP contribution in [0.4, 0.5) is 13.2 Å². The molecule has 0 bridgehead atoms. The number of carboxylic acid groups (broad SMARTS) is 1. The number of aromatic nitrogens is 2. The number of carbonyl (C=O) groups is 3. The molecule has 1 aromatic heterocycles. The largest absolute Gasteiger partial charge is 0.490 e. The number of morpholine rings is 1. The number of likely N-dealkylation sites (tertiary alicyclic amines) is 1. The van der Waals surface area contributed by atoms with E-state index in [-0.39, 0.29) is 11.8 Å². The molecule has 0 radical (unpaired) electrons. The number of aliphatic carboxylic acids is 1. The molecular weight excluding hydrogens is 507 g/mol. The average molecular weight is 540 g/mol. The van der Waals surface area contributed by atoms with Gasteiger partial charge in [0.1, 0.15) is 11.8 Å². The van der Waals surface area contributed by atoms with Crippen molar-refractivity contribution in [1.82, 2.24) is 24.5 Å². The summed E-state index contributed by atoms with van der Waals surface area (Å²) in [4.78, 5) is 40.5. The minimum atomic E-state index is -5.08. The summed E-state index contributed by atoms with van der Waals surface area (Å²) in [5.41, 5.74) is 1.16. The zero-order valence-corrected chi connectivity index (χ0v) is 21.5. The van der Waals surface area contributed by atoms with Gasteiger partial charge in [-0.1, -0.05) is 30.3 Å². The van der Waals surface area contributed by atoms with Crippen molar-refractivity contribution < 1.29 is 37.4 Å². The highest BCUT2D eigenvalue weighted by Crippen LogP contribution is 2.33. The van der Waals surface area contributed by atoms with Crippen LogP contribution in [0.15, 0.2) is 42.6 Å². The number of benzene rings is 1. The molecular formula is C25H32F3N5O5. The maximum atomic E-state index is 13.1. The van der Waals surface area contributed by atoms with Gasteiger partial charge in [-0.3, -0.25) is 14.3 Å². The van der Waals surface area contributed by atoms with Crippen LogP contribution in [0.3, 0.4) is 0 Å². The van der Waals surface area contributed by atoms with Crippen LogP contribution in [0, 0.1) is 0 Å². The van der Waals surface area contributed by atoms with E-state index in [2.05, 4.69) is 10.00 Å². The first-order valence-electron chi connectivity index (χ1n) is 12.0. The van der Waals surface area contributed by atoms with Crippen molar-refractivity contribution in [2.24, 2.45) is 7.05 Å². The lowest BCUT2D eigenvalue weighted by Gasteiger charge is -2.49. The maximum Gasteiger partial charge on any atom is 0.490 e. The summed E-state index contributed by atoms with van der Waals surface area (Å²) in [5, 5.41) is 11.4. The quantitative estimate of drug-likeness (QED) is 0.634. The molecule has 2 saturated heterocycles. The minimum Gasteiger partial charge on any atom is -0.475 e. The molecule has 38 heavy (non-hydrogen) atoms. The van der Waals surface area contributed by atoms with Gasteiger partial charge in [0.2, 0.25) is 0 Å². The second kappa shape index (κ2) is 11.9. The molecule has 2 aromatic rings. The Bertz CT molecular complexity index is 1120. The molecule has 1 N–H and O–H groups in total. The fourth-order valence-corrected chi connectivity index (χ4v) is 4.61. The highest BCUT2D eigenvalue weighted by molar-refractivity contribution is 5.92. The fourth-order valence-electron chi connectivity index (χ4n) is 4.61. The molecule has 4 rings (SSSR count). The van der Waals surface area contributed by atoms with E-state index in [4.69, 9.17) is 14.6 Å². The second-order valence-electron chi connectivity index (χ2n) is 9.64. The van der Waals surface area contributed by atoms with Crippen LogP contribution in [-0.4, -0.2) is 106 Å². The third-order valence-corrected chi connectivity index (χ3v) is 6.48. The van der Waals surface area contributed by atoms with Crippen LogP contribution in [0.5, 0.6) is 0 Å². The number of nitrogens with zero attached hydrogens (tertiary/aromatic N) is 5. The van der Waals surface area contributed by atoms with Gasteiger partial charge in [0.15, 0.2) is 0 Å². The maximum absolute atomic E-state index is 13.1. The Hall–Kier alpha value is -3.45. The SMILES string of the molecule is CN1CC(C(=O)N(C)Cc2ccccc2)OC2(CCN(C(=O)c3ccn(C)n3)CC2)C1.O=C(O)C(F)(F)F. The van der Waals surface area contributed by atoms with Gasteiger partial charge in [-0.2, -0.15) is 18.3 Å². The number of carbonyl (C=O) groups excluding carboxylic acids is 2. The number of likely N-dealkylation sites (N-methyl/N-ethyl adjacent to an activating group) is 2. The van der Waals surface area contributed by atoms with Crippen molar-refractivity contribution >= 4 is 17.8 Å². The van der Waals surface area contributed by atoms with Gasteiger partial charge in [-0.15, -0.1) is 0 Å². The van der Waals surface area contributed by atoms with E-state index in [0.29, 0.717) is 44.7 Å². The summed E-state index contributed by atoms with van der Waals surface area (Å²) in [7, 11) is 5.67. The summed E-state index contributed by atoms with van der Waals surface area (Å²) in [6, 6.07) is 11.7. The number of aryl methyl sites for hydroxylation is 1. The smallest absolute Gasteiger partial charge is 0.475 e. The lowest BCUT2D eigenvalue weighted by molar-refractivity contribution is -0.192. The minimum absolute atomic E-state index is 0.00164. The normalized spacial score (nSPS) is 19.4. The predicted molar refractivity (Wildman–Crippen MR) is 130 cm³/mol. The molecule has 1 spiro atoms. The fraction of sp³-hybridized carbons (Fsp3) is 0.520. The van der Waals surface area contributed by atoms with Crippen LogP contribution in [0.2, 0.25) is 0 Å². The van der Waals surface area contributed by atoms with Crippen LogP contribution < -0.4 is 0 Å². The van der Waals surface area contributed by atoms with Crippen molar-refractivity contribution in [3.63, 3.8) is 0 Å². The Kier molecular flexibility index (Phi) is 9.15. The number of rotatable bonds is 4. The average Bonchev–Trinajstić information content (AvgIpc) is 3.30. The van der Waals surface area contributed by atoms with Gasteiger partial charge in [0, 0.05) is 53.0 Å². The molecule has 2 aliphatic rings. The van der Waals surface area contributed by atoms with Crippen molar-refractivity contribution in [2.45, 2.75) is 37.3 Å². The van der Waals surface area contributed by atoms with E-state index >= 15 is 0 Å². The van der Waals surface area contributed by atoms with Crippen LogP contribution >= 0.6 is 0 Å². The number of ether oxygens (including phenoxy) is 1. The number of alkyl halides is 3. The van der Waals surface area contributed by atoms with Gasteiger partial charge >= 0.3 is 12.1 Å². The summed E-state index contributed by atoms with van der Waals surface area (Å²) in [6.07, 6.45) is -2.38. The molecule has 3 heterocycles. The summed E-state index contributed by atoms with van der Waals surface area (Å²) in [6.45, 7) is 3.11. The Morgan fingerprint density at radius 2 is 1.74 bits per heavy atom. The number of hydrogen-bond donors (Lipinski definition) is 1. The van der Waals surface area contributed by atoms with Gasteiger partial charge in [0.05, 0.1) is 5.60 Å². The molecule has 1 aromatic carbocycles. The number of carboxylic acids is 1. The number of piperidine rings is 1. The van der Waals surface area contributed by atoms with Crippen molar-refractivity contribution in [1.29, 1.82) is 0 Å². The van der Waals surface area contributed by atoms with Gasteiger partial charge in [-0.05, 0) is 31.5 Å². The molecule has 1 atom stereocenters. The lowest BCUT2D eigenvalue weighted by atomic mass is 9.88. The summed E-state index contributed by atoms with van der Waals surface area (Å²) in [5.74, 6) is -2.80. The van der Waals surface area contributed by atoms with Crippen molar-refractivity contribution in [3.8, 4) is 0 Å². The topological polar surface area (TPSA) is 108 Å². The number of amides is 2. The van der Waals surface area contributed by atoms with Crippen molar-refractivity contribution in [2.75, 3.05) is 40.3 Å². The Morgan fingerprint density at radius 3 is 2.26 bits per heavy atom. The van der Waals surface area contributed by atoms with Crippen LogP contribution in [0.25, 0.3) is 0 Å². The molecule has 2 aliphatic heterocycles. The second-order valence-corrected chi connectivity index (χ2v) is 9.64. The Morgan fingerprint density at radius 1 is 1.13 bits per heavy atom. The van der Waals surface area contributed by atoms with Gasteiger partial charge < -0.3 is 24.5 Å². The molecule has 1 unspecified atom stereocenters. The molecule has 0 aliphatic carbocycles. The van der Waals surface area contributed by atoms with E-state index in [1.807, 2.05) is 49.3 Å². The van der Waals surface area contributed by atoms with E-state index in [0.717, 1.165) is 12.1 Å². The predicted octanol–water partition coefficient (Wildman–Crippen LogP) is 2.02. The van der Waals surface area contributed by atoms with Gasteiger partial charge in [0.25, 0.3) is 11.8 Å².